The molecule has 6 nitrogen and oxygen atoms in total. The minimum Gasteiger partial charge on any atom is -0.316 e. The summed E-state index contributed by atoms with van der Waals surface area (Å²) in [4.78, 5) is 12.4. The van der Waals surface area contributed by atoms with Gasteiger partial charge in [0.1, 0.15) is 11.1 Å². The highest BCUT2D eigenvalue weighted by Crippen LogP contribution is 2.30. The molecule has 1 amide bonds. The second-order valence-corrected chi connectivity index (χ2v) is 8.74. The second kappa shape index (κ2) is 9.79. The van der Waals surface area contributed by atoms with Crippen LogP contribution in [0.15, 0.2) is 71.2 Å². The quantitative estimate of drug-likeness (QED) is 0.374. The van der Waals surface area contributed by atoms with Gasteiger partial charge in [-0.1, -0.05) is 65.8 Å². The molecule has 31 heavy (non-hydrogen) atoms. The molecular weight excluding hydrogens is 450 g/mol. The van der Waals surface area contributed by atoms with Gasteiger partial charge in [-0.25, -0.2) is 0 Å². The van der Waals surface area contributed by atoms with Crippen LogP contribution in [-0.4, -0.2) is 26.4 Å². The Balaban J connectivity index is 1.57. The third-order valence-electron chi connectivity index (χ3n) is 4.39. The lowest BCUT2D eigenvalue weighted by Crippen LogP contribution is -2.14. The van der Waals surface area contributed by atoms with Gasteiger partial charge in [-0.2, -0.15) is 5.26 Å². The number of hydrogen-bond acceptors (Lipinski definition) is 6. The lowest BCUT2D eigenvalue weighted by molar-refractivity contribution is -0.113. The van der Waals surface area contributed by atoms with Gasteiger partial charge in [0.2, 0.25) is 5.91 Å². The molecule has 0 saturated heterocycles. The Morgan fingerprint density at radius 1 is 1.13 bits per heavy atom. The highest BCUT2D eigenvalue weighted by atomic mass is 35.5. The first-order valence-corrected chi connectivity index (χ1v) is 11.5. The van der Waals surface area contributed by atoms with Crippen LogP contribution in [0.2, 0.25) is 5.02 Å². The zero-order valence-electron chi connectivity index (χ0n) is 16.2. The largest absolute Gasteiger partial charge is 0.316 e. The van der Waals surface area contributed by atoms with Gasteiger partial charge in [-0.3, -0.25) is 9.36 Å². The molecule has 4 aromatic rings. The van der Waals surface area contributed by atoms with E-state index in [9.17, 15) is 4.79 Å². The van der Waals surface area contributed by atoms with Crippen molar-refractivity contribution in [2.24, 2.45) is 0 Å². The number of aromatic nitrogens is 3. The average Bonchev–Trinajstić information content (AvgIpc) is 3.40. The standard InChI is InChI=1S/C22H16ClN5OS2/c23-18-9-5-4-8-17(18)20-26-27-22(28(20)13-15-6-2-1-3-7-15)31-14-19(29)25-21-16(12-24)10-11-30-21/h1-11H,13-14H2,(H,25,29). The second-order valence-electron chi connectivity index (χ2n) is 6.47. The molecule has 0 unspecified atom stereocenters. The van der Waals surface area contributed by atoms with E-state index < -0.39 is 0 Å². The number of rotatable bonds is 7. The number of halogens is 1. The Bertz CT molecular complexity index is 1250. The van der Waals surface area contributed by atoms with Gasteiger partial charge in [0.25, 0.3) is 0 Å². The first kappa shape index (κ1) is 21.1. The summed E-state index contributed by atoms with van der Waals surface area (Å²) in [5.74, 6) is 0.568. The Kier molecular flexibility index (Phi) is 6.67. The van der Waals surface area contributed by atoms with Crippen LogP contribution in [0.5, 0.6) is 0 Å². The fourth-order valence-electron chi connectivity index (χ4n) is 2.93. The number of carbonyl (C=O) groups excluding carboxylic acids is 1. The van der Waals surface area contributed by atoms with E-state index in [2.05, 4.69) is 21.6 Å². The molecule has 4 rings (SSSR count). The van der Waals surface area contributed by atoms with Crippen LogP contribution in [0.3, 0.4) is 0 Å². The van der Waals surface area contributed by atoms with Gasteiger partial charge in [-0.15, -0.1) is 21.5 Å². The lowest BCUT2D eigenvalue weighted by Gasteiger charge is -2.11. The van der Waals surface area contributed by atoms with Crippen molar-refractivity contribution in [2.45, 2.75) is 11.7 Å². The molecule has 154 valence electrons. The molecule has 0 radical (unpaired) electrons. The van der Waals surface area contributed by atoms with E-state index in [1.165, 1.54) is 23.1 Å². The highest BCUT2D eigenvalue weighted by Gasteiger charge is 2.18. The van der Waals surface area contributed by atoms with E-state index in [1.807, 2.05) is 59.2 Å². The van der Waals surface area contributed by atoms with E-state index in [4.69, 9.17) is 16.9 Å². The number of nitrogens with one attached hydrogen (secondary N) is 1. The zero-order chi connectivity index (χ0) is 21.6. The van der Waals surface area contributed by atoms with Crippen molar-refractivity contribution < 1.29 is 4.79 Å². The van der Waals surface area contributed by atoms with Crippen LogP contribution in [0.25, 0.3) is 11.4 Å². The van der Waals surface area contributed by atoms with Crippen molar-refractivity contribution in [1.82, 2.24) is 14.8 Å². The molecule has 0 aliphatic heterocycles. The van der Waals surface area contributed by atoms with Crippen LogP contribution < -0.4 is 5.32 Å². The molecule has 2 aromatic heterocycles. The first-order valence-electron chi connectivity index (χ1n) is 9.28. The summed E-state index contributed by atoms with van der Waals surface area (Å²) in [5, 5.41) is 24.1. The summed E-state index contributed by atoms with van der Waals surface area (Å²) in [6.07, 6.45) is 0. The third kappa shape index (κ3) is 4.97. The number of nitrogens with zero attached hydrogens (tertiary/aromatic N) is 4. The number of benzene rings is 2. The topological polar surface area (TPSA) is 83.6 Å². The van der Waals surface area contributed by atoms with Crippen LogP contribution >= 0.6 is 34.7 Å². The number of hydrogen-bond donors (Lipinski definition) is 1. The Labute approximate surface area is 192 Å². The summed E-state index contributed by atoms with van der Waals surface area (Å²) in [6, 6.07) is 21.2. The monoisotopic (exact) mass is 465 g/mol. The molecule has 0 bridgehead atoms. The summed E-state index contributed by atoms with van der Waals surface area (Å²) < 4.78 is 1.96. The predicted molar refractivity (Wildman–Crippen MR) is 124 cm³/mol. The van der Waals surface area contributed by atoms with Crippen molar-refractivity contribution in [1.29, 1.82) is 5.26 Å². The van der Waals surface area contributed by atoms with Crippen molar-refractivity contribution in [3.8, 4) is 17.5 Å². The number of carbonyl (C=O) groups is 1. The molecular formula is C22H16ClN5OS2. The van der Waals surface area contributed by atoms with Crippen molar-refractivity contribution in [2.75, 3.05) is 11.1 Å². The molecule has 9 heteroatoms. The van der Waals surface area contributed by atoms with Crippen molar-refractivity contribution in [3.05, 3.63) is 82.2 Å². The van der Waals surface area contributed by atoms with Crippen LogP contribution in [0.4, 0.5) is 5.00 Å². The zero-order valence-corrected chi connectivity index (χ0v) is 18.5. The Morgan fingerprint density at radius 3 is 2.68 bits per heavy atom. The highest BCUT2D eigenvalue weighted by molar-refractivity contribution is 7.99. The van der Waals surface area contributed by atoms with Gasteiger partial charge >= 0.3 is 0 Å². The maximum Gasteiger partial charge on any atom is 0.235 e. The van der Waals surface area contributed by atoms with Crippen LogP contribution in [0.1, 0.15) is 11.1 Å². The normalized spacial score (nSPS) is 10.6. The molecule has 0 spiro atoms. The summed E-state index contributed by atoms with van der Waals surface area (Å²) in [7, 11) is 0. The average molecular weight is 466 g/mol. The maximum absolute atomic E-state index is 12.4. The molecule has 0 atom stereocenters. The van der Waals surface area contributed by atoms with Crippen LogP contribution in [0, 0.1) is 11.3 Å². The lowest BCUT2D eigenvalue weighted by atomic mass is 10.2. The Hall–Kier alpha value is -3.12. The van der Waals surface area contributed by atoms with Crippen LogP contribution in [-0.2, 0) is 11.3 Å². The van der Waals surface area contributed by atoms with E-state index >= 15 is 0 Å². The van der Waals surface area contributed by atoms with Gasteiger partial charge in [0.15, 0.2) is 11.0 Å². The number of anilines is 1. The fourth-order valence-corrected chi connectivity index (χ4v) is 4.64. The number of amides is 1. The van der Waals surface area contributed by atoms with E-state index in [-0.39, 0.29) is 11.7 Å². The number of thiophene rings is 1. The van der Waals surface area contributed by atoms with Gasteiger partial charge in [0.05, 0.1) is 22.9 Å². The van der Waals surface area contributed by atoms with E-state index in [0.717, 1.165) is 11.1 Å². The minimum atomic E-state index is -0.211. The number of thioether (sulfide) groups is 1. The molecule has 1 N–H and O–H groups in total. The predicted octanol–water partition coefficient (Wildman–Crippen LogP) is 5.31. The van der Waals surface area contributed by atoms with Gasteiger partial charge in [-0.05, 0) is 29.1 Å². The summed E-state index contributed by atoms with van der Waals surface area (Å²) in [6.45, 7) is 0.544. The Morgan fingerprint density at radius 2 is 1.90 bits per heavy atom. The fraction of sp³-hybridized carbons (Fsp3) is 0.0909. The minimum absolute atomic E-state index is 0.137. The maximum atomic E-state index is 12.4. The van der Waals surface area contributed by atoms with Gasteiger partial charge in [0, 0.05) is 5.56 Å². The molecule has 0 aliphatic carbocycles. The smallest absolute Gasteiger partial charge is 0.235 e. The molecule has 2 heterocycles. The molecule has 0 saturated carbocycles. The third-order valence-corrected chi connectivity index (χ3v) is 6.51. The number of nitriles is 1. The van der Waals surface area contributed by atoms with Gasteiger partial charge < -0.3 is 5.32 Å². The van der Waals surface area contributed by atoms with E-state index in [1.54, 1.807) is 11.4 Å². The molecule has 0 fully saturated rings. The molecule has 2 aromatic carbocycles. The molecule has 0 aliphatic rings. The summed E-state index contributed by atoms with van der Waals surface area (Å²) >= 11 is 9.01. The SMILES string of the molecule is N#Cc1ccsc1NC(=O)CSc1nnc(-c2ccccc2Cl)n1Cc1ccccc1. The summed E-state index contributed by atoms with van der Waals surface area (Å²) in [5.41, 5.74) is 2.32. The first-order chi connectivity index (χ1) is 15.2. The van der Waals surface area contributed by atoms with Crippen molar-refractivity contribution in [3.63, 3.8) is 0 Å². The van der Waals surface area contributed by atoms with Crippen molar-refractivity contribution >= 4 is 45.6 Å². The van der Waals surface area contributed by atoms with E-state index in [0.29, 0.717) is 33.1 Å².